The number of rotatable bonds is 9. The van der Waals surface area contributed by atoms with E-state index in [2.05, 4.69) is 4.90 Å². The summed E-state index contributed by atoms with van der Waals surface area (Å²) in [5, 5.41) is 0. The standard InChI is InChI=1S/C30H44F3NO2/c1-2-36-27(35)18-23-14-9-15-26(28(23)24-16-17-25(31)30(33)29(24)32)34(19-21-10-5-3-6-11-21)20-22-12-7-4-8-13-22/h16-17,21-23,26,28H,2-15,18-20H2,1H3. The van der Waals surface area contributed by atoms with Crippen LogP contribution in [0.5, 0.6) is 0 Å². The van der Waals surface area contributed by atoms with Gasteiger partial charge in [-0.3, -0.25) is 9.69 Å². The van der Waals surface area contributed by atoms with Gasteiger partial charge in [0.05, 0.1) is 6.61 Å². The van der Waals surface area contributed by atoms with E-state index in [0.29, 0.717) is 18.4 Å². The maximum atomic E-state index is 15.3. The van der Waals surface area contributed by atoms with Gasteiger partial charge in [-0.15, -0.1) is 0 Å². The number of esters is 1. The third kappa shape index (κ3) is 6.85. The molecule has 202 valence electrons. The second-order valence-electron chi connectivity index (χ2n) is 11.5. The fraction of sp³-hybridized carbons (Fsp3) is 0.767. The van der Waals surface area contributed by atoms with Crippen molar-refractivity contribution >= 4 is 5.97 Å². The number of ether oxygens (including phenoxy) is 1. The quantitative estimate of drug-likeness (QED) is 0.253. The van der Waals surface area contributed by atoms with Gasteiger partial charge in [0.2, 0.25) is 0 Å². The van der Waals surface area contributed by atoms with Gasteiger partial charge >= 0.3 is 5.97 Å². The number of nitrogens with zero attached hydrogens (tertiary/aromatic N) is 1. The summed E-state index contributed by atoms with van der Waals surface area (Å²) in [5.41, 5.74) is 0.227. The Morgan fingerprint density at radius 2 is 1.44 bits per heavy atom. The summed E-state index contributed by atoms with van der Waals surface area (Å²) in [4.78, 5) is 15.1. The Hall–Kier alpha value is -1.56. The monoisotopic (exact) mass is 507 g/mol. The van der Waals surface area contributed by atoms with E-state index in [1.165, 1.54) is 70.3 Å². The van der Waals surface area contributed by atoms with Gasteiger partial charge in [0.15, 0.2) is 17.5 Å². The van der Waals surface area contributed by atoms with Crippen molar-refractivity contribution in [1.82, 2.24) is 4.90 Å². The Balaban J connectivity index is 1.67. The first-order valence-corrected chi connectivity index (χ1v) is 14.5. The summed E-state index contributed by atoms with van der Waals surface area (Å²) in [6.07, 6.45) is 15.3. The molecule has 0 bridgehead atoms. The molecule has 0 amide bonds. The van der Waals surface area contributed by atoms with Gasteiger partial charge < -0.3 is 4.74 Å². The lowest BCUT2D eigenvalue weighted by molar-refractivity contribution is -0.145. The molecule has 0 aromatic heterocycles. The lowest BCUT2D eigenvalue weighted by Crippen LogP contribution is -2.49. The van der Waals surface area contributed by atoms with Gasteiger partial charge in [0.25, 0.3) is 0 Å². The molecule has 0 radical (unpaired) electrons. The maximum Gasteiger partial charge on any atom is 0.306 e. The van der Waals surface area contributed by atoms with Crippen LogP contribution in [0.3, 0.4) is 0 Å². The summed E-state index contributed by atoms with van der Waals surface area (Å²) >= 11 is 0. The van der Waals surface area contributed by atoms with Crippen molar-refractivity contribution < 1.29 is 22.7 Å². The highest BCUT2D eigenvalue weighted by atomic mass is 19.2. The minimum atomic E-state index is -1.40. The topological polar surface area (TPSA) is 29.5 Å². The van der Waals surface area contributed by atoms with Gasteiger partial charge in [0, 0.05) is 31.5 Å². The molecule has 3 atom stereocenters. The Kier molecular flexibility index (Phi) is 10.1. The van der Waals surface area contributed by atoms with Crippen LogP contribution < -0.4 is 0 Å². The predicted molar refractivity (Wildman–Crippen MR) is 136 cm³/mol. The minimum absolute atomic E-state index is 0.0152. The van der Waals surface area contributed by atoms with Crippen LogP contribution in [0.2, 0.25) is 0 Å². The van der Waals surface area contributed by atoms with Crippen LogP contribution >= 0.6 is 0 Å². The molecule has 0 aliphatic heterocycles. The van der Waals surface area contributed by atoms with Gasteiger partial charge in [-0.2, -0.15) is 0 Å². The van der Waals surface area contributed by atoms with Crippen LogP contribution in [0.15, 0.2) is 12.1 Å². The highest BCUT2D eigenvalue weighted by Gasteiger charge is 2.41. The second-order valence-corrected chi connectivity index (χ2v) is 11.5. The van der Waals surface area contributed by atoms with Crippen LogP contribution in [0.25, 0.3) is 0 Å². The molecule has 3 aliphatic carbocycles. The van der Waals surface area contributed by atoms with E-state index >= 15 is 4.39 Å². The van der Waals surface area contributed by atoms with Crippen LogP contribution in [-0.2, 0) is 9.53 Å². The van der Waals surface area contributed by atoms with Crippen LogP contribution in [0.4, 0.5) is 13.2 Å². The van der Waals surface area contributed by atoms with Crippen LogP contribution in [-0.4, -0.2) is 36.6 Å². The van der Waals surface area contributed by atoms with E-state index in [9.17, 15) is 13.6 Å². The number of hydrogen-bond acceptors (Lipinski definition) is 3. The van der Waals surface area contributed by atoms with Gasteiger partial charge in [-0.1, -0.05) is 51.0 Å². The van der Waals surface area contributed by atoms with Gasteiger partial charge in [0.1, 0.15) is 0 Å². The molecule has 3 aliphatic rings. The molecule has 3 nitrogen and oxygen atoms in total. The van der Waals surface area contributed by atoms with E-state index in [0.717, 1.165) is 38.4 Å². The number of hydrogen-bond donors (Lipinski definition) is 0. The number of carbonyl (C=O) groups excluding carboxylic acids is 1. The molecule has 1 aromatic carbocycles. The molecule has 0 N–H and O–H groups in total. The highest BCUT2D eigenvalue weighted by Crippen LogP contribution is 2.45. The first-order valence-electron chi connectivity index (χ1n) is 14.5. The molecule has 36 heavy (non-hydrogen) atoms. The Morgan fingerprint density at radius 1 is 0.833 bits per heavy atom. The Morgan fingerprint density at radius 3 is 2.03 bits per heavy atom. The average Bonchev–Trinajstić information content (AvgIpc) is 2.89. The molecule has 4 rings (SSSR count). The third-order valence-electron chi connectivity index (χ3n) is 9.06. The van der Waals surface area contributed by atoms with Crippen molar-refractivity contribution in [2.45, 2.75) is 109 Å². The van der Waals surface area contributed by atoms with E-state index in [-0.39, 0.29) is 35.8 Å². The zero-order valence-corrected chi connectivity index (χ0v) is 22.0. The normalized spacial score (nSPS) is 26.3. The van der Waals surface area contributed by atoms with Crippen molar-refractivity contribution in [3.05, 3.63) is 35.1 Å². The fourth-order valence-electron chi connectivity index (χ4n) is 7.34. The van der Waals surface area contributed by atoms with Gasteiger partial charge in [-0.05, 0) is 74.8 Å². The first-order chi connectivity index (χ1) is 17.5. The van der Waals surface area contributed by atoms with E-state index in [1.54, 1.807) is 6.92 Å². The number of carbonyl (C=O) groups is 1. The van der Waals surface area contributed by atoms with Crippen molar-refractivity contribution in [3.8, 4) is 0 Å². The molecule has 0 heterocycles. The molecule has 3 fully saturated rings. The molecule has 3 unspecified atom stereocenters. The summed E-state index contributed by atoms with van der Waals surface area (Å²) in [7, 11) is 0. The highest BCUT2D eigenvalue weighted by molar-refractivity contribution is 5.69. The number of halogens is 3. The van der Waals surface area contributed by atoms with Gasteiger partial charge in [-0.25, -0.2) is 13.2 Å². The maximum absolute atomic E-state index is 15.3. The summed E-state index contributed by atoms with van der Waals surface area (Å²) < 4.78 is 49.0. The lowest BCUT2D eigenvalue weighted by Gasteiger charge is -2.47. The summed E-state index contributed by atoms with van der Waals surface area (Å²) in [6.45, 7) is 4.04. The van der Waals surface area contributed by atoms with Crippen molar-refractivity contribution in [3.63, 3.8) is 0 Å². The average molecular weight is 508 g/mol. The zero-order chi connectivity index (χ0) is 25.5. The Labute approximate surface area is 215 Å². The molecule has 0 spiro atoms. The Bertz CT molecular complexity index is 831. The van der Waals surface area contributed by atoms with Crippen molar-refractivity contribution in [2.75, 3.05) is 19.7 Å². The third-order valence-corrected chi connectivity index (χ3v) is 9.06. The SMILES string of the molecule is CCOC(=O)CC1CCCC(N(CC2CCCCC2)CC2CCCCC2)C1c1ccc(F)c(F)c1F. The van der Waals surface area contributed by atoms with E-state index in [4.69, 9.17) is 4.74 Å². The zero-order valence-electron chi connectivity index (χ0n) is 22.0. The molecule has 0 saturated heterocycles. The van der Waals surface area contributed by atoms with Crippen molar-refractivity contribution in [1.29, 1.82) is 0 Å². The molecule has 1 aromatic rings. The number of benzene rings is 1. The summed E-state index contributed by atoms with van der Waals surface area (Å²) in [6, 6.07) is 2.49. The van der Waals surface area contributed by atoms with Crippen molar-refractivity contribution in [2.24, 2.45) is 17.8 Å². The largest absolute Gasteiger partial charge is 0.466 e. The predicted octanol–water partition coefficient (Wildman–Crippen LogP) is 7.77. The fourth-order valence-corrected chi connectivity index (χ4v) is 7.34. The second kappa shape index (κ2) is 13.3. The van der Waals surface area contributed by atoms with E-state index < -0.39 is 17.5 Å². The van der Waals surface area contributed by atoms with Crippen LogP contribution in [0, 0.1) is 35.2 Å². The van der Waals surface area contributed by atoms with Crippen LogP contribution in [0.1, 0.15) is 108 Å². The molecular weight excluding hydrogens is 463 g/mol. The molecule has 3 saturated carbocycles. The minimum Gasteiger partial charge on any atom is -0.466 e. The lowest BCUT2D eigenvalue weighted by atomic mass is 9.69. The summed E-state index contributed by atoms with van der Waals surface area (Å²) in [5.74, 6) is -3.19. The molecule has 6 heteroatoms. The smallest absolute Gasteiger partial charge is 0.306 e. The molecular formula is C30H44F3NO2. The van der Waals surface area contributed by atoms with E-state index in [1.807, 2.05) is 0 Å². The first kappa shape index (κ1) is 27.5.